The molecule has 1 aliphatic rings. The van der Waals surface area contributed by atoms with Gasteiger partial charge in [-0.2, -0.15) is 0 Å². The molecule has 0 aliphatic carbocycles. The van der Waals surface area contributed by atoms with Gasteiger partial charge in [-0.25, -0.2) is 4.39 Å². The number of halogens is 1. The van der Waals surface area contributed by atoms with Crippen LogP contribution in [0, 0.1) is 5.82 Å². The smallest absolute Gasteiger partial charge is 0.289 e. The van der Waals surface area contributed by atoms with E-state index in [1.54, 1.807) is 12.1 Å². The highest BCUT2D eigenvalue weighted by Gasteiger charge is 2.25. The van der Waals surface area contributed by atoms with Gasteiger partial charge in [0.1, 0.15) is 5.82 Å². The summed E-state index contributed by atoms with van der Waals surface area (Å²) in [5.41, 5.74) is 1.09. The van der Waals surface area contributed by atoms with Crippen molar-refractivity contribution < 1.29 is 13.6 Å². The standard InChI is InChI=1S/C17H18FNO2/c18-15-8-6-13(7-9-15)14-4-1-2-10-19(12-14)17(20)16-5-3-11-21-16/h3,5-9,11,14H,1-2,4,10,12H2. The highest BCUT2D eigenvalue weighted by Crippen LogP contribution is 2.27. The molecule has 4 heteroatoms. The third-order valence-corrected chi connectivity index (χ3v) is 4.03. The first-order valence-corrected chi connectivity index (χ1v) is 7.32. The molecular formula is C17H18FNO2. The van der Waals surface area contributed by atoms with E-state index in [-0.39, 0.29) is 17.6 Å². The maximum atomic E-state index is 13.0. The fourth-order valence-corrected chi connectivity index (χ4v) is 2.89. The fourth-order valence-electron chi connectivity index (χ4n) is 2.89. The van der Waals surface area contributed by atoms with E-state index in [1.165, 1.54) is 18.4 Å². The van der Waals surface area contributed by atoms with Crippen LogP contribution in [0.15, 0.2) is 47.1 Å². The molecule has 3 nitrogen and oxygen atoms in total. The number of hydrogen-bond donors (Lipinski definition) is 0. The monoisotopic (exact) mass is 287 g/mol. The maximum absolute atomic E-state index is 13.0. The summed E-state index contributed by atoms with van der Waals surface area (Å²) in [4.78, 5) is 14.3. The number of rotatable bonds is 2. The van der Waals surface area contributed by atoms with Gasteiger partial charge in [0.05, 0.1) is 6.26 Å². The van der Waals surface area contributed by atoms with Crippen molar-refractivity contribution in [2.75, 3.05) is 13.1 Å². The zero-order valence-corrected chi connectivity index (χ0v) is 11.8. The van der Waals surface area contributed by atoms with Gasteiger partial charge in [-0.15, -0.1) is 0 Å². The Bertz CT molecular complexity index is 592. The molecule has 2 heterocycles. The third-order valence-electron chi connectivity index (χ3n) is 4.03. The Morgan fingerprint density at radius 2 is 2.00 bits per heavy atom. The lowest BCUT2D eigenvalue weighted by Crippen LogP contribution is -2.33. The normalized spacial score (nSPS) is 19.3. The molecule has 1 aromatic carbocycles. The van der Waals surface area contributed by atoms with Crippen molar-refractivity contribution in [3.8, 4) is 0 Å². The molecule has 0 N–H and O–H groups in total. The molecule has 1 aromatic heterocycles. The minimum absolute atomic E-state index is 0.0611. The van der Waals surface area contributed by atoms with Crippen molar-refractivity contribution in [2.24, 2.45) is 0 Å². The van der Waals surface area contributed by atoms with Gasteiger partial charge < -0.3 is 9.32 Å². The molecule has 0 saturated carbocycles. The summed E-state index contributed by atoms with van der Waals surface area (Å²) >= 11 is 0. The number of carbonyl (C=O) groups excluding carboxylic acids is 1. The largest absolute Gasteiger partial charge is 0.459 e. The van der Waals surface area contributed by atoms with Gasteiger partial charge in [0.2, 0.25) is 0 Å². The Morgan fingerprint density at radius 3 is 2.71 bits per heavy atom. The quantitative estimate of drug-likeness (QED) is 0.841. The van der Waals surface area contributed by atoms with Gasteiger partial charge in [-0.05, 0) is 42.7 Å². The fraction of sp³-hybridized carbons (Fsp3) is 0.353. The predicted molar refractivity (Wildman–Crippen MR) is 77.6 cm³/mol. The van der Waals surface area contributed by atoms with Crippen molar-refractivity contribution in [3.05, 3.63) is 59.8 Å². The number of likely N-dealkylation sites (tertiary alicyclic amines) is 1. The highest BCUT2D eigenvalue weighted by molar-refractivity contribution is 5.91. The number of furan rings is 1. The minimum atomic E-state index is -0.226. The van der Waals surface area contributed by atoms with Crippen LogP contribution in [0.5, 0.6) is 0 Å². The molecule has 1 atom stereocenters. The summed E-state index contributed by atoms with van der Waals surface area (Å²) in [5, 5.41) is 0. The van der Waals surface area contributed by atoms with Crippen LogP contribution in [0.4, 0.5) is 4.39 Å². The first kappa shape index (κ1) is 13.9. The molecule has 110 valence electrons. The first-order valence-electron chi connectivity index (χ1n) is 7.32. The van der Waals surface area contributed by atoms with Gasteiger partial charge >= 0.3 is 0 Å². The number of hydrogen-bond acceptors (Lipinski definition) is 2. The van der Waals surface area contributed by atoms with Gasteiger partial charge in [-0.1, -0.05) is 18.6 Å². The lowest BCUT2D eigenvalue weighted by molar-refractivity contribution is 0.0722. The second-order valence-corrected chi connectivity index (χ2v) is 5.47. The van der Waals surface area contributed by atoms with Crippen LogP contribution in [0.1, 0.15) is 41.3 Å². The summed E-state index contributed by atoms with van der Waals surface area (Å²) in [5.74, 6) is 0.353. The highest BCUT2D eigenvalue weighted by atomic mass is 19.1. The van der Waals surface area contributed by atoms with Crippen LogP contribution in [-0.2, 0) is 0 Å². The third kappa shape index (κ3) is 3.15. The molecule has 2 aromatic rings. The summed E-state index contributed by atoms with van der Waals surface area (Å²) in [7, 11) is 0. The molecule has 1 unspecified atom stereocenters. The number of nitrogens with zero attached hydrogens (tertiary/aromatic N) is 1. The molecule has 1 saturated heterocycles. The molecule has 21 heavy (non-hydrogen) atoms. The van der Waals surface area contributed by atoms with Crippen molar-refractivity contribution in [3.63, 3.8) is 0 Å². The van der Waals surface area contributed by atoms with E-state index in [1.807, 2.05) is 17.0 Å². The summed E-state index contributed by atoms with van der Waals surface area (Å²) in [6.45, 7) is 1.41. The van der Waals surface area contributed by atoms with Crippen LogP contribution in [-0.4, -0.2) is 23.9 Å². The maximum Gasteiger partial charge on any atom is 0.289 e. The van der Waals surface area contributed by atoms with E-state index in [9.17, 15) is 9.18 Å². The Hall–Kier alpha value is -2.10. The average molecular weight is 287 g/mol. The number of amides is 1. The lowest BCUT2D eigenvalue weighted by Gasteiger charge is -2.24. The summed E-state index contributed by atoms with van der Waals surface area (Å²) < 4.78 is 18.3. The van der Waals surface area contributed by atoms with E-state index in [0.717, 1.165) is 31.4 Å². The second-order valence-electron chi connectivity index (χ2n) is 5.47. The second kappa shape index (κ2) is 6.12. The Balaban J connectivity index is 1.77. The number of carbonyl (C=O) groups is 1. The van der Waals surface area contributed by atoms with Gasteiger partial charge in [0.25, 0.3) is 5.91 Å². The summed E-state index contributed by atoms with van der Waals surface area (Å²) in [6, 6.07) is 10.0. The molecule has 1 aliphatic heterocycles. The molecule has 1 amide bonds. The SMILES string of the molecule is O=C(c1ccco1)N1CCCCC(c2ccc(F)cc2)C1. The zero-order chi connectivity index (χ0) is 14.7. The Labute approximate surface area is 123 Å². The van der Waals surface area contributed by atoms with Crippen LogP contribution < -0.4 is 0 Å². The van der Waals surface area contributed by atoms with Gasteiger partial charge in [0, 0.05) is 19.0 Å². The predicted octanol–water partition coefficient (Wildman–Crippen LogP) is 3.83. The van der Waals surface area contributed by atoms with E-state index < -0.39 is 0 Å². The molecule has 0 radical (unpaired) electrons. The van der Waals surface area contributed by atoms with E-state index in [2.05, 4.69) is 0 Å². The van der Waals surface area contributed by atoms with Crippen LogP contribution in [0.3, 0.4) is 0 Å². The van der Waals surface area contributed by atoms with Crippen molar-refractivity contribution in [1.82, 2.24) is 4.90 Å². The topological polar surface area (TPSA) is 33.5 Å². The van der Waals surface area contributed by atoms with E-state index >= 15 is 0 Å². The minimum Gasteiger partial charge on any atom is -0.459 e. The Morgan fingerprint density at radius 1 is 1.19 bits per heavy atom. The number of benzene rings is 1. The lowest BCUT2D eigenvalue weighted by atomic mass is 9.94. The van der Waals surface area contributed by atoms with Gasteiger partial charge in [-0.3, -0.25) is 4.79 Å². The van der Waals surface area contributed by atoms with E-state index in [0.29, 0.717) is 12.3 Å². The molecule has 1 fully saturated rings. The molecular weight excluding hydrogens is 269 g/mol. The van der Waals surface area contributed by atoms with Crippen molar-refractivity contribution in [2.45, 2.75) is 25.2 Å². The van der Waals surface area contributed by atoms with Crippen LogP contribution in [0.25, 0.3) is 0 Å². The van der Waals surface area contributed by atoms with Crippen LogP contribution in [0.2, 0.25) is 0 Å². The van der Waals surface area contributed by atoms with E-state index in [4.69, 9.17) is 4.42 Å². The van der Waals surface area contributed by atoms with Gasteiger partial charge in [0.15, 0.2) is 5.76 Å². The Kier molecular flexibility index (Phi) is 4.04. The first-order chi connectivity index (χ1) is 10.2. The molecule has 0 spiro atoms. The average Bonchev–Trinajstić information content (AvgIpc) is 2.92. The van der Waals surface area contributed by atoms with Crippen molar-refractivity contribution >= 4 is 5.91 Å². The zero-order valence-electron chi connectivity index (χ0n) is 11.8. The van der Waals surface area contributed by atoms with Crippen molar-refractivity contribution in [1.29, 1.82) is 0 Å². The van der Waals surface area contributed by atoms with Crippen LogP contribution >= 0.6 is 0 Å². The molecule has 3 rings (SSSR count). The summed E-state index contributed by atoms with van der Waals surface area (Å²) in [6.07, 6.45) is 4.60. The molecule has 0 bridgehead atoms.